The van der Waals surface area contributed by atoms with Crippen molar-refractivity contribution >= 4 is 28.6 Å². The second kappa shape index (κ2) is 8.87. The summed E-state index contributed by atoms with van der Waals surface area (Å²) in [5.41, 5.74) is 1.75. The molecule has 0 aliphatic carbocycles. The van der Waals surface area contributed by atoms with E-state index in [-0.39, 0.29) is 12.7 Å². The fraction of sp³-hybridized carbons (Fsp3) is 0.227. The van der Waals surface area contributed by atoms with Crippen molar-refractivity contribution < 1.29 is 19.0 Å². The Hall–Kier alpha value is -3.19. The van der Waals surface area contributed by atoms with Crippen LogP contribution in [0.3, 0.4) is 0 Å². The van der Waals surface area contributed by atoms with E-state index in [1.807, 2.05) is 36.4 Å². The number of methoxy groups -OCH3 is 1. The number of benzene rings is 2. The van der Waals surface area contributed by atoms with Crippen molar-refractivity contribution in [3.63, 3.8) is 0 Å². The highest BCUT2D eigenvalue weighted by atomic mass is 32.1. The van der Waals surface area contributed by atoms with Gasteiger partial charge in [-0.2, -0.15) is 0 Å². The van der Waals surface area contributed by atoms with Crippen LogP contribution in [0, 0.1) is 0 Å². The summed E-state index contributed by atoms with van der Waals surface area (Å²) < 4.78 is 15.9. The van der Waals surface area contributed by atoms with Gasteiger partial charge in [0.15, 0.2) is 11.5 Å². The van der Waals surface area contributed by atoms with Gasteiger partial charge in [0.2, 0.25) is 12.7 Å². The molecule has 150 valence electrons. The van der Waals surface area contributed by atoms with Crippen LogP contribution in [0.2, 0.25) is 0 Å². The molecule has 0 unspecified atom stereocenters. The molecular formula is C22H22N2O4S. The van der Waals surface area contributed by atoms with Crippen LogP contribution in [0.5, 0.6) is 17.2 Å². The lowest BCUT2D eigenvalue weighted by molar-refractivity contribution is -0.116. The van der Waals surface area contributed by atoms with Gasteiger partial charge in [-0.1, -0.05) is 6.07 Å². The molecule has 29 heavy (non-hydrogen) atoms. The maximum atomic E-state index is 12.5. The molecule has 0 fully saturated rings. The molecule has 1 aliphatic heterocycles. The van der Waals surface area contributed by atoms with E-state index in [0.29, 0.717) is 30.2 Å². The fourth-order valence-corrected chi connectivity index (χ4v) is 3.84. The molecule has 7 heteroatoms. The van der Waals surface area contributed by atoms with Crippen molar-refractivity contribution in [1.29, 1.82) is 0 Å². The summed E-state index contributed by atoms with van der Waals surface area (Å²) in [5, 5.41) is 5.00. The Labute approximate surface area is 173 Å². The smallest absolute Gasteiger partial charge is 0.231 e. The molecule has 3 aromatic rings. The number of nitrogens with one attached hydrogen (secondary N) is 1. The van der Waals surface area contributed by atoms with Crippen molar-refractivity contribution in [3.05, 3.63) is 64.9 Å². The second-order valence-corrected chi connectivity index (χ2v) is 7.60. The van der Waals surface area contributed by atoms with Gasteiger partial charge in [-0.05, 0) is 47.8 Å². The number of amides is 1. The zero-order valence-corrected chi connectivity index (χ0v) is 16.9. The zero-order valence-electron chi connectivity index (χ0n) is 16.1. The molecule has 0 bridgehead atoms. The summed E-state index contributed by atoms with van der Waals surface area (Å²) in [7, 11) is 1.65. The molecule has 0 atom stereocenters. The lowest BCUT2D eigenvalue weighted by atomic mass is 10.2. The highest BCUT2D eigenvalue weighted by Crippen LogP contribution is 2.34. The first-order valence-corrected chi connectivity index (χ1v) is 10.2. The summed E-state index contributed by atoms with van der Waals surface area (Å²) in [6.07, 6.45) is 0.367. The zero-order chi connectivity index (χ0) is 20.1. The Balaban J connectivity index is 1.40. The molecule has 6 nitrogen and oxygen atoms in total. The van der Waals surface area contributed by atoms with E-state index in [4.69, 9.17) is 14.2 Å². The number of rotatable bonds is 8. The SMILES string of the molecule is COc1ccc(N(CCC(=O)Nc2ccc3c(c2)OCO3)Cc2cccs2)cc1. The average molecular weight is 410 g/mol. The Morgan fingerprint density at radius 1 is 1.14 bits per heavy atom. The second-order valence-electron chi connectivity index (χ2n) is 6.57. The van der Waals surface area contributed by atoms with Gasteiger partial charge in [-0.15, -0.1) is 11.3 Å². The molecule has 2 heterocycles. The summed E-state index contributed by atoms with van der Waals surface area (Å²) >= 11 is 1.71. The van der Waals surface area contributed by atoms with Crippen molar-refractivity contribution in [2.75, 3.05) is 30.7 Å². The van der Waals surface area contributed by atoms with Crippen molar-refractivity contribution in [1.82, 2.24) is 0 Å². The number of hydrogen-bond donors (Lipinski definition) is 1. The van der Waals surface area contributed by atoms with Crippen LogP contribution in [0.4, 0.5) is 11.4 Å². The number of anilines is 2. The van der Waals surface area contributed by atoms with E-state index in [1.165, 1.54) is 4.88 Å². The number of ether oxygens (including phenoxy) is 3. The van der Waals surface area contributed by atoms with Gasteiger partial charge in [0.05, 0.1) is 13.7 Å². The van der Waals surface area contributed by atoms with Gasteiger partial charge in [0.25, 0.3) is 0 Å². The molecule has 1 aromatic heterocycles. The Morgan fingerprint density at radius 3 is 2.72 bits per heavy atom. The minimum atomic E-state index is -0.0476. The summed E-state index contributed by atoms with van der Waals surface area (Å²) in [4.78, 5) is 16.0. The standard InChI is InChI=1S/C22H22N2O4S/c1-26-18-7-5-17(6-8-18)24(14-19-3-2-12-29-19)11-10-22(25)23-16-4-9-20-21(13-16)28-15-27-20/h2-9,12-13H,10-11,14-15H2,1H3,(H,23,25). The van der Waals surface area contributed by atoms with Crippen LogP contribution in [0.15, 0.2) is 60.0 Å². The summed E-state index contributed by atoms with van der Waals surface area (Å²) in [5.74, 6) is 2.11. The number of nitrogens with zero attached hydrogens (tertiary/aromatic N) is 1. The predicted molar refractivity (Wildman–Crippen MR) is 114 cm³/mol. The third kappa shape index (κ3) is 4.81. The molecule has 0 radical (unpaired) electrons. The van der Waals surface area contributed by atoms with E-state index in [0.717, 1.165) is 18.0 Å². The van der Waals surface area contributed by atoms with Crippen molar-refractivity contribution in [2.45, 2.75) is 13.0 Å². The number of carbonyl (C=O) groups is 1. The average Bonchev–Trinajstić information content (AvgIpc) is 3.42. The molecule has 0 saturated heterocycles. The third-order valence-corrected chi connectivity index (χ3v) is 5.49. The maximum absolute atomic E-state index is 12.5. The Morgan fingerprint density at radius 2 is 1.97 bits per heavy atom. The van der Waals surface area contributed by atoms with Gasteiger partial charge >= 0.3 is 0 Å². The lowest BCUT2D eigenvalue weighted by Gasteiger charge is -2.24. The Bertz CT molecular complexity index is 957. The highest BCUT2D eigenvalue weighted by Gasteiger charge is 2.15. The van der Waals surface area contributed by atoms with Crippen LogP contribution >= 0.6 is 11.3 Å². The quantitative estimate of drug-likeness (QED) is 0.592. The first-order chi connectivity index (χ1) is 14.2. The van der Waals surface area contributed by atoms with E-state index >= 15 is 0 Å². The van der Waals surface area contributed by atoms with Crippen LogP contribution in [-0.4, -0.2) is 26.4 Å². The topological polar surface area (TPSA) is 60.0 Å². The molecule has 2 aromatic carbocycles. The van der Waals surface area contributed by atoms with Gasteiger partial charge in [0, 0.05) is 35.3 Å². The number of hydrogen-bond acceptors (Lipinski definition) is 6. The predicted octanol–water partition coefficient (Wildman–Crippen LogP) is 4.52. The highest BCUT2D eigenvalue weighted by molar-refractivity contribution is 7.09. The minimum Gasteiger partial charge on any atom is -0.497 e. The van der Waals surface area contributed by atoms with Crippen LogP contribution in [0.1, 0.15) is 11.3 Å². The van der Waals surface area contributed by atoms with Gasteiger partial charge < -0.3 is 24.4 Å². The van der Waals surface area contributed by atoms with Gasteiger partial charge in [-0.25, -0.2) is 0 Å². The molecule has 4 rings (SSSR count). The third-order valence-electron chi connectivity index (χ3n) is 4.63. The Kier molecular flexibility index (Phi) is 5.86. The van der Waals surface area contributed by atoms with E-state index in [2.05, 4.69) is 21.7 Å². The van der Waals surface area contributed by atoms with Crippen molar-refractivity contribution in [2.24, 2.45) is 0 Å². The van der Waals surface area contributed by atoms with Crippen LogP contribution in [0.25, 0.3) is 0 Å². The monoisotopic (exact) mass is 410 g/mol. The number of thiophene rings is 1. The van der Waals surface area contributed by atoms with Crippen molar-refractivity contribution in [3.8, 4) is 17.2 Å². The molecule has 1 amide bonds. The van der Waals surface area contributed by atoms with E-state index in [9.17, 15) is 4.79 Å². The van der Waals surface area contributed by atoms with Crippen LogP contribution < -0.4 is 24.4 Å². The summed E-state index contributed by atoms with van der Waals surface area (Å²) in [6, 6.07) is 17.5. The fourth-order valence-electron chi connectivity index (χ4n) is 3.12. The van der Waals surface area contributed by atoms with Gasteiger partial charge in [0.1, 0.15) is 5.75 Å². The number of carbonyl (C=O) groups excluding carboxylic acids is 1. The summed E-state index contributed by atoms with van der Waals surface area (Å²) in [6.45, 7) is 1.56. The first kappa shape index (κ1) is 19.1. The van der Waals surface area contributed by atoms with Crippen LogP contribution in [-0.2, 0) is 11.3 Å². The molecular weight excluding hydrogens is 388 g/mol. The van der Waals surface area contributed by atoms with E-state index < -0.39 is 0 Å². The van der Waals surface area contributed by atoms with Gasteiger partial charge in [-0.3, -0.25) is 4.79 Å². The first-order valence-electron chi connectivity index (χ1n) is 9.32. The molecule has 0 saturated carbocycles. The minimum absolute atomic E-state index is 0.0476. The normalized spacial score (nSPS) is 11.9. The lowest BCUT2D eigenvalue weighted by Crippen LogP contribution is -2.27. The number of fused-ring (bicyclic) bond motifs is 1. The molecule has 0 spiro atoms. The van der Waals surface area contributed by atoms with E-state index in [1.54, 1.807) is 30.6 Å². The largest absolute Gasteiger partial charge is 0.497 e. The maximum Gasteiger partial charge on any atom is 0.231 e. The molecule has 1 aliphatic rings. The molecule has 1 N–H and O–H groups in total.